The van der Waals surface area contributed by atoms with Gasteiger partial charge in [0.05, 0.1) is 25.9 Å². The number of piperidine rings is 1. The third-order valence-corrected chi connectivity index (χ3v) is 3.29. The van der Waals surface area contributed by atoms with E-state index >= 15 is 0 Å². The lowest BCUT2D eigenvalue weighted by atomic mass is 10.1. The normalized spacial score (nSPS) is 16.7. The molecular formula is C15H22FNO2. The van der Waals surface area contributed by atoms with E-state index in [1.54, 1.807) is 0 Å². The van der Waals surface area contributed by atoms with E-state index in [-0.39, 0.29) is 6.61 Å². The highest BCUT2D eigenvalue weighted by Gasteiger charge is 2.12. The zero-order valence-corrected chi connectivity index (χ0v) is 11.2. The van der Waals surface area contributed by atoms with E-state index in [9.17, 15) is 4.39 Å². The predicted octanol–water partition coefficient (Wildman–Crippen LogP) is 2.44. The first kappa shape index (κ1) is 14.4. The van der Waals surface area contributed by atoms with Gasteiger partial charge in [0.15, 0.2) is 0 Å². The van der Waals surface area contributed by atoms with E-state index < -0.39 is 6.67 Å². The molecule has 0 amide bonds. The van der Waals surface area contributed by atoms with Gasteiger partial charge in [0, 0.05) is 0 Å². The lowest BCUT2D eigenvalue weighted by Gasteiger charge is -2.23. The van der Waals surface area contributed by atoms with Gasteiger partial charge in [-0.1, -0.05) is 24.3 Å². The summed E-state index contributed by atoms with van der Waals surface area (Å²) in [5.41, 5.74) is 2.24. The van der Waals surface area contributed by atoms with Crippen LogP contribution in [0.5, 0.6) is 0 Å². The van der Waals surface area contributed by atoms with Crippen LogP contribution in [0.3, 0.4) is 0 Å². The molecule has 0 saturated carbocycles. The van der Waals surface area contributed by atoms with Crippen molar-refractivity contribution in [3.8, 4) is 0 Å². The summed E-state index contributed by atoms with van der Waals surface area (Å²) in [6.45, 7) is 2.98. The Hall–Kier alpha value is -0.970. The molecule has 1 aromatic rings. The van der Waals surface area contributed by atoms with E-state index in [1.807, 2.05) is 12.1 Å². The number of alkyl halides is 1. The average molecular weight is 267 g/mol. The molecule has 106 valence electrons. The molecule has 4 heteroatoms. The van der Waals surface area contributed by atoms with E-state index in [0.29, 0.717) is 19.3 Å². The first-order chi connectivity index (χ1) is 9.38. The van der Waals surface area contributed by atoms with Crippen LogP contribution < -0.4 is 5.32 Å². The van der Waals surface area contributed by atoms with Crippen molar-refractivity contribution in [1.82, 2.24) is 5.32 Å². The number of rotatable bonds is 7. The fourth-order valence-electron chi connectivity index (χ4n) is 2.15. The van der Waals surface area contributed by atoms with Gasteiger partial charge in [-0.15, -0.1) is 0 Å². The Morgan fingerprint density at radius 1 is 1.05 bits per heavy atom. The predicted molar refractivity (Wildman–Crippen MR) is 72.8 cm³/mol. The summed E-state index contributed by atoms with van der Waals surface area (Å²) in [4.78, 5) is 0. The van der Waals surface area contributed by atoms with Crippen LogP contribution in [0.2, 0.25) is 0 Å². The largest absolute Gasteiger partial charge is 0.374 e. The van der Waals surface area contributed by atoms with Gasteiger partial charge in [0.25, 0.3) is 0 Å². The molecule has 1 aromatic carbocycles. The van der Waals surface area contributed by atoms with Crippen molar-refractivity contribution < 1.29 is 13.9 Å². The van der Waals surface area contributed by atoms with Gasteiger partial charge in [-0.3, -0.25) is 0 Å². The molecule has 2 rings (SSSR count). The Morgan fingerprint density at radius 3 is 2.32 bits per heavy atom. The minimum atomic E-state index is -0.428. The molecule has 1 aliphatic heterocycles. The molecule has 1 aliphatic rings. The van der Waals surface area contributed by atoms with E-state index in [2.05, 4.69) is 17.4 Å². The van der Waals surface area contributed by atoms with Crippen molar-refractivity contribution in [2.24, 2.45) is 0 Å². The van der Waals surface area contributed by atoms with E-state index in [1.165, 1.54) is 5.56 Å². The molecule has 1 N–H and O–H groups in total. The smallest absolute Gasteiger partial charge is 0.113 e. The van der Waals surface area contributed by atoms with Crippen molar-refractivity contribution in [3.63, 3.8) is 0 Å². The van der Waals surface area contributed by atoms with Crippen LogP contribution in [0.15, 0.2) is 24.3 Å². The molecule has 0 atom stereocenters. The topological polar surface area (TPSA) is 30.5 Å². The zero-order valence-electron chi connectivity index (χ0n) is 11.2. The molecule has 1 heterocycles. The minimum absolute atomic E-state index is 0.167. The van der Waals surface area contributed by atoms with Crippen LogP contribution in [-0.2, 0) is 22.7 Å². The van der Waals surface area contributed by atoms with Crippen molar-refractivity contribution >= 4 is 0 Å². The van der Waals surface area contributed by atoms with Crippen molar-refractivity contribution in [2.75, 3.05) is 26.4 Å². The second-order valence-electron chi connectivity index (χ2n) is 4.82. The van der Waals surface area contributed by atoms with Crippen LogP contribution >= 0.6 is 0 Å². The summed E-state index contributed by atoms with van der Waals surface area (Å²) in [6.07, 6.45) is 2.57. The Kier molecular flexibility index (Phi) is 6.27. The van der Waals surface area contributed by atoms with Crippen molar-refractivity contribution in [2.45, 2.75) is 32.2 Å². The maximum Gasteiger partial charge on any atom is 0.113 e. The van der Waals surface area contributed by atoms with E-state index in [4.69, 9.17) is 9.47 Å². The molecule has 0 aliphatic carbocycles. The average Bonchev–Trinajstić information content (AvgIpc) is 2.48. The minimum Gasteiger partial charge on any atom is -0.374 e. The van der Waals surface area contributed by atoms with Crippen LogP contribution in [0.4, 0.5) is 4.39 Å². The number of hydrogen-bond acceptors (Lipinski definition) is 3. The molecule has 19 heavy (non-hydrogen) atoms. The number of benzene rings is 1. The molecular weight excluding hydrogens is 245 g/mol. The number of ether oxygens (including phenoxy) is 2. The van der Waals surface area contributed by atoms with Gasteiger partial charge in [-0.05, 0) is 37.1 Å². The highest BCUT2D eigenvalue weighted by molar-refractivity contribution is 5.21. The van der Waals surface area contributed by atoms with Gasteiger partial charge in [0.2, 0.25) is 0 Å². The molecule has 1 saturated heterocycles. The van der Waals surface area contributed by atoms with Gasteiger partial charge >= 0.3 is 0 Å². The Bertz CT molecular complexity index is 350. The Morgan fingerprint density at radius 2 is 1.68 bits per heavy atom. The third kappa shape index (κ3) is 5.27. The van der Waals surface area contributed by atoms with Crippen molar-refractivity contribution in [3.05, 3.63) is 35.4 Å². The molecule has 0 bridgehead atoms. The maximum atomic E-state index is 11.9. The first-order valence-electron chi connectivity index (χ1n) is 6.92. The SMILES string of the molecule is FCCOCc1ccc(COC2CCNCC2)cc1. The quantitative estimate of drug-likeness (QED) is 0.770. The summed E-state index contributed by atoms with van der Waals surface area (Å²) in [5.74, 6) is 0. The number of halogens is 1. The molecule has 0 spiro atoms. The van der Waals surface area contributed by atoms with Crippen LogP contribution in [0.1, 0.15) is 24.0 Å². The Balaban J connectivity index is 1.71. The van der Waals surface area contributed by atoms with Gasteiger partial charge in [0.1, 0.15) is 6.67 Å². The first-order valence-corrected chi connectivity index (χ1v) is 6.92. The monoisotopic (exact) mass is 267 g/mol. The maximum absolute atomic E-state index is 11.9. The van der Waals surface area contributed by atoms with E-state index in [0.717, 1.165) is 31.5 Å². The standard InChI is InChI=1S/C15H22FNO2/c16-7-10-18-11-13-1-3-14(4-2-13)12-19-15-5-8-17-9-6-15/h1-4,15,17H,5-12H2. The fourth-order valence-corrected chi connectivity index (χ4v) is 2.15. The lowest BCUT2D eigenvalue weighted by molar-refractivity contribution is 0.0212. The van der Waals surface area contributed by atoms with Crippen molar-refractivity contribution in [1.29, 1.82) is 0 Å². The molecule has 0 unspecified atom stereocenters. The second-order valence-corrected chi connectivity index (χ2v) is 4.82. The number of nitrogens with one attached hydrogen (secondary N) is 1. The summed E-state index contributed by atoms with van der Waals surface area (Å²) in [6, 6.07) is 8.13. The highest BCUT2D eigenvalue weighted by Crippen LogP contribution is 2.12. The Labute approximate surface area is 114 Å². The van der Waals surface area contributed by atoms with Gasteiger partial charge in [-0.2, -0.15) is 0 Å². The van der Waals surface area contributed by atoms with Gasteiger partial charge < -0.3 is 14.8 Å². The highest BCUT2D eigenvalue weighted by atomic mass is 19.1. The lowest BCUT2D eigenvalue weighted by Crippen LogP contribution is -2.32. The molecule has 1 fully saturated rings. The van der Waals surface area contributed by atoms with Crippen LogP contribution in [0.25, 0.3) is 0 Å². The molecule has 3 nitrogen and oxygen atoms in total. The van der Waals surface area contributed by atoms with Crippen LogP contribution in [0, 0.1) is 0 Å². The summed E-state index contributed by atoms with van der Waals surface area (Å²) >= 11 is 0. The zero-order chi connectivity index (χ0) is 13.3. The third-order valence-electron chi connectivity index (χ3n) is 3.29. The summed E-state index contributed by atoms with van der Waals surface area (Å²) in [5, 5.41) is 3.32. The molecule has 0 aromatic heterocycles. The fraction of sp³-hybridized carbons (Fsp3) is 0.600. The number of hydrogen-bond donors (Lipinski definition) is 1. The summed E-state index contributed by atoms with van der Waals surface area (Å²) < 4.78 is 22.9. The second kappa shape index (κ2) is 8.25. The summed E-state index contributed by atoms with van der Waals surface area (Å²) in [7, 11) is 0. The molecule has 0 radical (unpaired) electrons. The van der Waals surface area contributed by atoms with Crippen LogP contribution in [-0.4, -0.2) is 32.5 Å². The van der Waals surface area contributed by atoms with Gasteiger partial charge in [-0.25, -0.2) is 4.39 Å².